The number of fused-ring (bicyclic) bond motifs is 1. The summed E-state index contributed by atoms with van der Waals surface area (Å²) in [4.78, 5) is 9.29. The average molecular weight is 285 g/mol. The summed E-state index contributed by atoms with van der Waals surface area (Å²) in [5.41, 5.74) is 4.36. The summed E-state index contributed by atoms with van der Waals surface area (Å²) < 4.78 is 2.11. The molecule has 1 aromatic carbocycles. The fourth-order valence-corrected chi connectivity index (χ4v) is 2.70. The zero-order valence-electron chi connectivity index (χ0n) is 12.1. The van der Waals surface area contributed by atoms with Crippen molar-refractivity contribution in [1.82, 2.24) is 14.4 Å². The van der Waals surface area contributed by atoms with Gasteiger partial charge in [0.2, 0.25) is 0 Å². The second-order valence-electron chi connectivity index (χ2n) is 5.22. The molecule has 0 radical (unpaired) electrons. The molecule has 0 atom stereocenters. The van der Waals surface area contributed by atoms with Crippen molar-refractivity contribution in [2.75, 3.05) is 0 Å². The van der Waals surface area contributed by atoms with Crippen LogP contribution in [-0.4, -0.2) is 14.4 Å². The predicted octanol–water partition coefficient (Wildman–Crippen LogP) is 3.99. The highest BCUT2D eigenvalue weighted by atomic mass is 15.0. The zero-order valence-corrected chi connectivity index (χ0v) is 12.1. The highest BCUT2D eigenvalue weighted by molar-refractivity contribution is 5.63. The molecular formula is C19H15N3. The number of imidazole rings is 1. The first-order chi connectivity index (χ1) is 10.9. The summed E-state index contributed by atoms with van der Waals surface area (Å²) in [5, 5.41) is 0. The Morgan fingerprint density at radius 3 is 2.45 bits per heavy atom. The first-order valence-corrected chi connectivity index (χ1v) is 7.33. The molecule has 0 N–H and O–H groups in total. The molecule has 0 aliphatic heterocycles. The molecule has 3 heteroatoms. The number of pyridine rings is 2. The largest absolute Gasteiger partial charge is 0.298 e. The Labute approximate surface area is 128 Å². The Hall–Kier alpha value is -2.94. The molecule has 0 unspecified atom stereocenters. The summed E-state index contributed by atoms with van der Waals surface area (Å²) >= 11 is 0. The molecule has 0 spiro atoms. The molecule has 3 nitrogen and oxygen atoms in total. The van der Waals surface area contributed by atoms with Gasteiger partial charge in [0.05, 0.1) is 11.2 Å². The van der Waals surface area contributed by atoms with Gasteiger partial charge in [0.1, 0.15) is 5.69 Å². The number of hydrogen-bond donors (Lipinski definition) is 0. The minimum absolute atomic E-state index is 0.821. The summed E-state index contributed by atoms with van der Waals surface area (Å²) in [6.45, 7) is 0. The molecule has 0 aliphatic rings. The topological polar surface area (TPSA) is 30.2 Å². The van der Waals surface area contributed by atoms with Crippen LogP contribution >= 0.6 is 0 Å². The minimum atomic E-state index is 0.821. The molecule has 22 heavy (non-hydrogen) atoms. The van der Waals surface area contributed by atoms with Gasteiger partial charge in [0, 0.05) is 18.8 Å². The van der Waals surface area contributed by atoms with Crippen LogP contribution < -0.4 is 0 Å². The Morgan fingerprint density at radius 1 is 0.818 bits per heavy atom. The molecule has 4 rings (SSSR count). The van der Waals surface area contributed by atoms with E-state index in [4.69, 9.17) is 4.98 Å². The fourth-order valence-electron chi connectivity index (χ4n) is 2.70. The summed E-state index contributed by atoms with van der Waals surface area (Å²) in [6, 6.07) is 22.5. The molecule has 0 fully saturated rings. The van der Waals surface area contributed by atoms with Crippen molar-refractivity contribution in [2.24, 2.45) is 0 Å². The van der Waals surface area contributed by atoms with Crippen LogP contribution in [0.2, 0.25) is 0 Å². The number of hydrogen-bond acceptors (Lipinski definition) is 2. The summed E-state index contributed by atoms with van der Waals surface area (Å²) in [7, 11) is 0. The smallest absolute Gasteiger partial charge is 0.163 e. The van der Waals surface area contributed by atoms with Crippen molar-refractivity contribution in [3.8, 4) is 11.5 Å². The maximum Gasteiger partial charge on any atom is 0.163 e. The second kappa shape index (κ2) is 5.45. The number of rotatable bonds is 3. The van der Waals surface area contributed by atoms with Crippen molar-refractivity contribution in [2.45, 2.75) is 6.42 Å². The third kappa shape index (κ3) is 2.27. The van der Waals surface area contributed by atoms with Gasteiger partial charge in [0.25, 0.3) is 0 Å². The van der Waals surface area contributed by atoms with Crippen molar-refractivity contribution in [3.05, 3.63) is 90.4 Å². The van der Waals surface area contributed by atoms with Gasteiger partial charge in [-0.15, -0.1) is 0 Å². The first kappa shape index (κ1) is 12.8. The van der Waals surface area contributed by atoms with Gasteiger partial charge in [-0.05, 0) is 29.8 Å². The monoisotopic (exact) mass is 285 g/mol. The van der Waals surface area contributed by atoms with Gasteiger partial charge in [-0.2, -0.15) is 0 Å². The van der Waals surface area contributed by atoms with Crippen molar-refractivity contribution in [1.29, 1.82) is 0 Å². The van der Waals surface area contributed by atoms with Crippen LogP contribution in [0.15, 0.2) is 79.1 Å². The molecule has 3 aromatic heterocycles. The Bertz CT molecular complexity index is 896. The molecule has 0 aliphatic carbocycles. The Balaban J connectivity index is 1.86. The number of benzene rings is 1. The molecule has 0 amide bonds. The molecule has 4 aromatic rings. The van der Waals surface area contributed by atoms with E-state index in [0.717, 1.165) is 29.1 Å². The van der Waals surface area contributed by atoms with Gasteiger partial charge < -0.3 is 0 Å². The Kier molecular flexibility index (Phi) is 3.16. The second-order valence-corrected chi connectivity index (χ2v) is 5.22. The third-order valence-electron chi connectivity index (χ3n) is 3.73. The van der Waals surface area contributed by atoms with Crippen molar-refractivity contribution >= 4 is 5.52 Å². The van der Waals surface area contributed by atoms with Crippen LogP contribution in [0, 0.1) is 0 Å². The van der Waals surface area contributed by atoms with Crippen LogP contribution in [0.25, 0.3) is 17.0 Å². The fraction of sp³-hybridized carbons (Fsp3) is 0.0526. The third-order valence-corrected chi connectivity index (χ3v) is 3.73. The molecule has 106 valence electrons. The van der Waals surface area contributed by atoms with E-state index in [-0.39, 0.29) is 0 Å². The SMILES string of the molecule is c1ccc(Cc2nc(-c3ccccn3)n3ccccc23)cc1. The van der Waals surface area contributed by atoms with Crippen LogP contribution in [-0.2, 0) is 6.42 Å². The maximum absolute atomic E-state index is 4.86. The van der Waals surface area contributed by atoms with Crippen molar-refractivity contribution < 1.29 is 0 Å². The van der Waals surface area contributed by atoms with E-state index >= 15 is 0 Å². The van der Waals surface area contributed by atoms with E-state index in [0.29, 0.717) is 0 Å². The van der Waals surface area contributed by atoms with Gasteiger partial charge in [0.15, 0.2) is 5.82 Å². The lowest BCUT2D eigenvalue weighted by atomic mass is 10.1. The first-order valence-electron chi connectivity index (χ1n) is 7.33. The van der Waals surface area contributed by atoms with Gasteiger partial charge in [-0.1, -0.05) is 42.5 Å². The lowest BCUT2D eigenvalue weighted by Gasteiger charge is -1.99. The lowest BCUT2D eigenvalue weighted by Crippen LogP contribution is -1.90. The molecule has 0 saturated carbocycles. The zero-order chi connectivity index (χ0) is 14.8. The van der Waals surface area contributed by atoms with Gasteiger partial charge in [-0.3, -0.25) is 9.38 Å². The maximum atomic E-state index is 4.86. The van der Waals surface area contributed by atoms with Crippen LogP contribution in [0.1, 0.15) is 11.3 Å². The van der Waals surface area contributed by atoms with E-state index in [1.807, 2.05) is 42.6 Å². The van der Waals surface area contributed by atoms with E-state index in [1.54, 1.807) is 6.20 Å². The molecular weight excluding hydrogens is 270 g/mol. The van der Waals surface area contributed by atoms with Crippen LogP contribution in [0.3, 0.4) is 0 Å². The highest BCUT2D eigenvalue weighted by Crippen LogP contribution is 2.22. The average Bonchev–Trinajstić information content (AvgIpc) is 2.96. The number of aromatic nitrogens is 3. The van der Waals surface area contributed by atoms with Crippen molar-refractivity contribution in [3.63, 3.8) is 0 Å². The van der Waals surface area contributed by atoms with E-state index in [9.17, 15) is 0 Å². The van der Waals surface area contributed by atoms with Crippen LogP contribution in [0.5, 0.6) is 0 Å². The summed E-state index contributed by atoms with van der Waals surface area (Å²) in [6.07, 6.45) is 4.66. The molecule has 0 bridgehead atoms. The van der Waals surface area contributed by atoms with Gasteiger partial charge >= 0.3 is 0 Å². The quantitative estimate of drug-likeness (QED) is 0.570. The minimum Gasteiger partial charge on any atom is -0.298 e. The number of nitrogens with zero attached hydrogens (tertiary/aromatic N) is 3. The lowest BCUT2D eigenvalue weighted by molar-refractivity contribution is 1.10. The molecule has 3 heterocycles. The Morgan fingerprint density at radius 2 is 1.64 bits per heavy atom. The van der Waals surface area contributed by atoms with E-state index in [2.05, 4.69) is 39.7 Å². The van der Waals surface area contributed by atoms with Gasteiger partial charge in [-0.25, -0.2) is 4.98 Å². The van der Waals surface area contributed by atoms with E-state index < -0.39 is 0 Å². The summed E-state index contributed by atoms with van der Waals surface area (Å²) in [5.74, 6) is 0.891. The predicted molar refractivity (Wildman–Crippen MR) is 87.7 cm³/mol. The normalized spacial score (nSPS) is 10.9. The molecule has 0 saturated heterocycles. The van der Waals surface area contributed by atoms with E-state index in [1.165, 1.54) is 5.56 Å². The van der Waals surface area contributed by atoms with Crippen LogP contribution in [0.4, 0.5) is 0 Å². The standard InChI is InChI=1S/C19H15N3/c1-2-8-15(9-3-1)14-17-18-11-5-7-13-22(18)19(21-17)16-10-4-6-12-20-16/h1-13H,14H2. The highest BCUT2D eigenvalue weighted by Gasteiger charge is 2.13.